The second-order valence-electron chi connectivity index (χ2n) is 5.70. The lowest BCUT2D eigenvalue weighted by Crippen LogP contribution is -2.43. The molecular weight excluding hydrogens is 322 g/mol. The molecule has 1 amide bonds. The summed E-state index contributed by atoms with van der Waals surface area (Å²) in [7, 11) is 0. The summed E-state index contributed by atoms with van der Waals surface area (Å²) in [5.74, 6) is -2.12. The number of hydrogen-bond donors (Lipinski definition) is 1. The summed E-state index contributed by atoms with van der Waals surface area (Å²) >= 11 is 1.51. The Balaban J connectivity index is 1.98. The van der Waals surface area contributed by atoms with Crippen molar-refractivity contribution in [1.29, 1.82) is 0 Å². The molecular formula is C16H18F2N2O2S. The number of carbonyl (C=O) groups excluding carboxylic acids is 1. The molecule has 124 valence electrons. The number of rotatable bonds is 5. The third-order valence-electron chi connectivity index (χ3n) is 3.27. The van der Waals surface area contributed by atoms with E-state index in [1.165, 1.54) is 11.3 Å². The predicted molar refractivity (Wildman–Crippen MR) is 84.6 cm³/mol. The molecule has 7 heteroatoms. The van der Waals surface area contributed by atoms with Crippen molar-refractivity contribution in [1.82, 2.24) is 10.3 Å². The molecule has 2 aromatic rings. The van der Waals surface area contributed by atoms with Gasteiger partial charge in [0.2, 0.25) is 0 Å². The van der Waals surface area contributed by atoms with Crippen LogP contribution in [0.15, 0.2) is 18.2 Å². The molecule has 0 spiro atoms. The monoisotopic (exact) mass is 340 g/mol. The maximum absolute atomic E-state index is 13.4. The van der Waals surface area contributed by atoms with Crippen LogP contribution in [0.25, 0.3) is 0 Å². The maximum atomic E-state index is 13.4. The SMILES string of the molecule is Cc1nc(C(C)(C)NC(=O)COc2ccc(F)cc2F)sc1C. The topological polar surface area (TPSA) is 51.2 Å². The van der Waals surface area contributed by atoms with Gasteiger partial charge in [0.15, 0.2) is 18.2 Å². The van der Waals surface area contributed by atoms with Gasteiger partial charge >= 0.3 is 0 Å². The fourth-order valence-corrected chi connectivity index (χ4v) is 2.89. The zero-order chi connectivity index (χ0) is 17.2. The molecule has 1 aromatic heterocycles. The van der Waals surface area contributed by atoms with Crippen molar-refractivity contribution < 1.29 is 18.3 Å². The van der Waals surface area contributed by atoms with Crippen molar-refractivity contribution in [2.24, 2.45) is 0 Å². The zero-order valence-electron chi connectivity index (χ0n) is 13.4. The van der Waals surface area contributed by atoms with Crippen LogP contribution in [0.1, 0.15) is 29.4 Å². The van der Waals surface area contributed by atoms with Gasteiger partial charge in [-0.05, 0) is 39.8 Å². The van der Waals surface area contributed by atoms with Gasteiger partial charge in [-0.1, -0.05) is 0 Å². The van der Waals surface area contributed by atoms with Gasteiger partial charge in [-0.3, -0.25) is 4.79 Å². The van der Waals surface area contributed by atoms with E-state index in [9.17, 15) is 13.6 Å². The molecule has 0 atom stereocenters. The molecule has 0 aliphatic heterocycles. The molecule has 0 aliphatic rings. The van der Waals surface area contributed by atoms with Crippen LogP contribution in [-0.2, 0) is 10.3 Å². The van der Waals surface area contributed by atoms with Crippen LogP contribution < -0.4 is 10.1 Å². The highest BCUT2D eigenvalue weighted by Gasteiger charge is 2.27. The molecule has 2 rings (SSSR count). The van der Waals surface area contributed by atoms with Gasteiger partial charge in [-0.25, -0.2) is 13.8 Å². The van der Waals surface area contributed by atoms with Crippen molar-refractivity contribution in [2.45, 2.75) is 33.2 Å². The van der Waals surface area contributed by atoms with E-state index in [1.54, 1.807) is 0 Å². The van der Waals surface area contributed by atoms with E-state index in [2.05, 4.69) is 10.3 Å². The number of halogens is 2. The second-order valence-corrected chi connectivity index (χ2v) is 6.90. The van der Waals surface area contributed by atoms with Gasteiger partial charge < -0.3 is 10.1 Å². The van der Waals surface area contributed by atoms with Crippen LogP contribution in [0.3, 0.4) is 0 Å². The summed E-state index contributed by atoms with van der Waals surface area (Å²) in [5, 5.41) is 3.59. The molecule has 1 N–H and O–H groups in total. The minimum atomic E-state index is -0.844. The van der Waals surface area contributed by atoms with E-state index >= 15 is 0 Å². The van der Waals surface area contributed by atoms with Crippen LogP contribution in [0.2, 0.25) is 0 Å². The zero-order valence-corrected chi connectivity index (χ0v) is 14.2. The number of thiazole rings is 1. The second kappa shape index (κ2) is 6.62. The Morgan fingerprint density at radius 2 is 2.04 bits per heavy atom. The quantitative estimate of drug-likeness (QED) is 0.907. The first kappa shape index (κ1) is 17.3. The van der Waals surface area contributed by atoms with E-state index in [0.717, 1.165) is 27.7 Å². The summed E-state index contributed by atoms with van der Waals surface area (Å²) in [6.07, 6.45) is 0. The number of nitrogens with one attached hydrogen (secondary N) is 1. The van der Waals surface area contributed by atoms with Crippen LogP contribution in [-0.4, -0.2) is 17.5 Å². The standard InChI is InChI=1S/C16H18F2N2O2S/c1-9-10(2)23-15(19-9)16(3,4)20-14(21)8-22-13-6-5-11(17)7-12(13)18/h5-7H,8H2,1-4H3,(H,20,21). The van der Waals surface area contributed by atoms with Gasteiger partial charge in [0.25, 0.3) is 5.91 Å². The molecule has 4 nitrogen and oxygen atoms in total. The first-order valence-electron chi connectivity index (χ1n) is 7.02. The molecule has 1 heterocycles. The van der Waals surface area contributed by atoms with Crippen molar-refractivity contribution in [2.75, 3.05) is 6.61 Å². The van der Waals surface area contributed by atoms with Crippen LogP contribution in [0, 0.1) is 25.5 Å². The Bertz CT molecular complexity index is 709. The summed E-state index contributed by atoms with van der Waals surface area (Å²) in [6.45, 7) is 7.18. The van der Waals surface area contributed by atoms with E-state index in [-0.39, 0.29) is 12.4 Å². The molecule has 0 aliphatic carbocycles. The van der Waals surface area contributed by atoms with E-state index in [4.69, 9.17) is 4.74 Å². The Hall–Kier alpha value is -2.02. The molecule has 0 fully saturated rings. The molecule has 23 heavy (non-hydrogen) atoms. The predicted octanol–water partition coefficient (Wildman–Crippen LogP) is 3.47. The average molecular weight is 340 g/mol. The summed E-state index contributed by atoms with van der Waals surface area (Å²) < 4.78 is 31.3. The highest BCUT2D eigenvalue weighted by molar-refractivity contribution is 7.11. The number of carbonyl (C=O) groups is 1. The lowest BCUT2D eigenvalue weighted by Gasteiger charge is -2.23. The van der Waals surface area contributed by atoms with E-state index in [0.29, 0.717) is 6.07 Å². The number of ether oxygens (including phenoxy) is 1. The molecule has 0 unspecified atom stereocenters. The number of aryl methyl sites for hydroxylation is 2. The minimum Gasteiger partial charge on any atom is -0.481 e. The number of aromatic nitrogens is 1. The molecule has 0 bridgehead atoms. The van der Waals surface area contributed by atoms with Crippen molar-refractivity contribution in [3.05, 3.63) is 45.4 Å². The number of nitrogens with zero attached hydrogens (tertiary/aromatic N) is 1. The third-order valence-corrected chi connectivity index (χ3v) is 4.66. The largest absolute Gasteiger partial charge is 0.481 e. The van der Waals surface area contributed by atoms with Gasteiger partial charge in [0.05, 0.1) is 11.2 Å². The third kappa shape index (κ3) is 4.25. The molecule has 0 radical (unpaired) electrons. The minimum absolute atomic E-state index is 0.166. The van der Waals surface area contributed by atoms with Crippen molar-refractivity contribution >= 4 is 17.2 Å². The van der Waals surface area contributed by atoms with Gasteiger partial charge in [0, 0.05) is 10.9 Å². The molecule has 1 aromatic carbocycles. The normalized spacial score (nSPS) is 11.4. The van der Waals surface area contributed by atoms with Gasteiger partial charge in [-0.2, -0.15) is 0 Å². The number of amides is 1. The molecule has 0 saturated heterocycles. The fourth-order valence-electron chi connectivity index (χ4n) is 1.91. The van der Waals surface area contributed by atoms with E-state index < -0.39 is 23.1 Å². The Morgan fingerprint density at radius 1 is 1.35 bits per heavy atom. The van der Waals surface area contributed by atoms with Gasteiger partial charge in [-0.15, -0.1) is 11.3 Å². The first-order valence-corrected chi connectivity index (χ1v) is 7.84. The smallest absolute Gasteiger partial charge is 0.258 e. The average Bonchev–Trinajstić information content (AvgIpc) is 2.78. The number of benzene rings is 1. The van der Waals surface area contributed by atoms with Crippen molar-refractivity contribution in [3.8, 4) is 5.75 Å². The van der Waals surface area contributed by atoms with Crippen LogP contribution in [0.4, 0.5) is 8.78 Å². The first-order chi connectivity index (χ1) is 10.7. The maximum Gasteiger partial charge on any atom is 0.258 e. The van der Waals surface area contributed by atoms with Crippen LogP contribution in [0.5, 0.6) is 5.75 Å². The highest BCUT2D eigenvalue weighted by Crippen LogP contribution is 2.27. The fraction of sp³-hybridized carbons (Fsp3) is 0.375. The Labute approximate surface area is 137 Å². The molecule has 0 saturated carbocycles. The lowest BCUT2D eigenvalue weighted by molar-refractivity contribution is -0.124. The van der Waals surface area contributed by atoms with Crippen LogP contribution >= 0.6 is 11.3 Å². The highest BCUT2D eigenvalue weighted by atomic mass is 32.1. The van der Waals surface area contributed by atoms with Gasteiger partial charge in [0.1, 0.15) is 10.8 Å². The van der Waals surface area contributed by atoms with Crippen molar-refractivity contribution in [3.63, 3.8) is 0 Å². The summed E-state index contributed by atoms with van der Waals surface area (Å²) in [4.78, 5) is 17.5. The lowest BCUT2D eigenvalue weighted by atomic mass is 10.1. The Morgan fingerprint density at radius 3 is 2.61 bits per heavy atom. The summed E-state index contributed by atoms with van der Waals surface area (Å²) in [5.41, 5.74) is 0.266. The van der Waals surface area contributed by atoms with E-state index in [1.807, 2.05) is 27.7 Å². The summed E-state index contributed by atoms with van der Waals surface area (Å²) in [6, 6.07) is 2.93. The number of hydrogen-bond acceptors (Lipinski definition) is 4. The Kier molecular flexibility index (Phi) is 4.99.